The quantitative estimate of drug-likeness (QED) is 0.678. The molecule has 0 saturated carbocycles. The van der Waals surface area contributed by atoms with Crippen molar-refractivity contribution in [2.75, 3.05) is 12.0 Å². The molecule has 0 spiro atoms. The van der Waals surface area contributed by atoms with Crippen LogP contribution in [-0.2, 0) is 11.2 Å². The van der Waals surface area contributed by atoms with E-state index >= 15 is 0 Å². The standard InChI is InChI=1S/C21H21N3O3/c1-3-18-20(25)24(14-19(22-18)15-8-6-5-7-9-15)23-17-12-10-16(11-13-17)21(26)27-4-2/h5-14,23H,3-4H2,1-2H3. The monoisotopic (exact) mass is 363 g/mol. The van der Waals surface area contributed by atoms with Crippen molar-refractivity contribution in [1.82, 2.24) is 9.66 Å². The number of aromatic nitrogens is 2. The van der Waals surface area contributed by atoms with Gasteiger partial charge in [0.25, 0.3) is 5.56 Å². The number of aryl methyl sites for hydroxylation is 1. The van der Waals surface area contributed by atoms with Crippen LogP contribution in [0.1, 0.15) is 29.9 Å². The van der Waals surface area contributed by atoms with E-state index < -0.39 is 0 Å². The first-order valence-electron chi connectivity index (χ1n) is 8.84. The largest absolute Gasteiger partial charge is 0.462 e. The zero-order valence-corrected chi connectivity index (χ0v) is 15.3. The van der Waals surface area contributed by atoms with Gasteiger partial charge in [-0.3, -0.25) is 10.2 Å². The van der Waals surface area contributed by atoms with E-state index in [2.05, 4.69) is 10.4 Å². The van der Waals surface area contributed by atoms with Crippen molar-refractivity contribution < 1.29 is 9.53 Å². The molecule has 3 rings (SSSR count). The van der Waals surface area contributed by atoms with E-state index in [0.717, 1.165) is 5.56 Å². The maximum atomic E-state index is 12.6. The summed E-state index contributed by atoms with van der Waals surface area (Å²) < 4.78 is 6.40. The number of ether oxygens (including phenoxy) is 1. The van der Waals surface area contributed by atoms with Gasteiger partial charge in [-0.1, -0.05) is 37.3 Å². The lowest BCUT2D eigenvalue weighted by atomic mass is 10.1. The van der Waals surface area contributed by atoms with Crippen molar-refractivity contribution in [3.63, 3.8) is 0 Å². The van der Waals surface area contributed by atoms with Crippen LogP contribution < -0.4 is 11.0 Å². The molecule has 0 aliphatic carbocycles. The molecule has 1 heterocycles. The molecular weight excluding hydrogens is 342 g/mol. The van der Waals surface area contributed by atoms with Crippen molar-refractivity contribution in [3.8, 4) is 11.3 Å². The third kappa shape index (κ3) is 4.23. The van der Waals surface area contributed by atoms with Crippen LogP contribution in [-0.4, -0.2) is 22.2 Å². The van der Waals surface area contributed by atoms with Crippen molar-refractivity contribution >= 4 is 11.7 Å². The van der Waals surface area contributed by atoms with Crippen LogP contribution in [0.15, 0.2) is 65.6 Å². The highest BCUT2D eigenvalue weighted by Crippen LogP contribution is 2.16. The fourth-order valence-electron chi connectivity index (χ4n) is 2.64. The number of rotatable bonds is 6. The van der Waals surface area contributed by atoms with E-state index in [-0.39, 0.29) is 11.5 Å². The lowest BCUT2D eigenvalue weighted by molar-refractivity contribution is 0.0526. The molecule has 0 atom stereocenters. The van der Waals surface area contributed by atoms with Crippen LogP contribution in [0.4, 0.5) is 5.69 Å². The Morgan fingerprint density at radius 2 is 1.78 bits per heavy atom. The predicted molar refractivity (Wildman–Crippen MR) is 105 cm³/mol. The SMILES string of the molecule is CCOC(=O)c1ccc(Nn2cc(-c3ccccc3)nc(CC)c2=O)cc1. The van der Waals surface area contributed by atoms with Gasteiger partial charge in [-0.25, -0.2) is 14.5 Å². The van der Waals surface area contributed by atoms with Gasteiger partial charge >= 0.3 is 5.97 Å². The number of anilines is 1. The van der Waals surface area contributed by atoms with Crippen LogP contribution in [0.2, 0.25) is 0 Å². The van der Waals surface area contributed by atoms with Crippen molar-refractivity contribution in [3.05, 3.63) is 82.4 Å². The second-order valence-electron chi connectivity index (χ2n) is 5.88. The molecule has 138 valence electrons. The summed E-state index contributed by atoms with van der Waals surface area (Å²) in [7, 11) is 0. The Morgan fingerprint density at radius 1 is 1.07 bits per heavy atom. The van der Waals surface area contributed by atoms with Crippen LogP contribution in [0.5, 0.6) is 0 Å². The molecule has 1 aromatic heterocycles. The van der Waals surface area contributed by atoms with Gasteiger partial charge in [0.2, 0.25) is 0 Å². The number of carbonyl (C=O) groups is 1. The van der Waals surface area contributed by atoms with Gasteiger partial charge in [-0.15, -0.1) is 0 Å². The Labute approximate surface area is 157 Å². The Hall–Kier alpha value is -3.41. The van der Waals surface area contributed by atoms with Crippen molar-refractivity contribution in [2.24, 2.45) is 0 Å². The summed E-state index contributed by atoms with van der Waals surface area (Å²) in [5.41, 5.74) is 6.13. The smallest absolute Gasteiger partial charge is 0.338 e. The molecule has 0 bridgehead atoms. The Kier molecular flexibility index (Phi) is 5.66. The lowest BCUT2D eigenvalue weighted by Gasteiger charge is -2.13. The maximum Gasteiger partial charge on any atom is 0.338 e. The summed E-state index contributed by atoms with van der Waals surface area (Å²) in [4.78, 5) is 28.8. The van der Waals surface area contributed by atoms with Crippen molar-refractivity contribution in [1.29, 1.82) is 0 Å². The molecule has 0 saturated heterocycles. The molecule has 6 heteroatoms. The third-order valence-electron chi connectivity index (χ3n) is 4.02. The molecule has 0 radical (unpaired) electrons. The van der Waals surface area contributed by atoms with Crippen LogP contribution in [0.25, 0.3) is 11.3 Å². The Balaban J connectivity index is 1.92. The number of esters is 1. The molecule has 27 heavy (non-hydrogen) atoms. The van der Waals surface area contributed by atoms with Crippen LogP contribution in [0, 0.1) is 0 Å². The average molecular weight is 363 g/mol. The zero-order valence-electron chi connectivity index (χ0n) is 15.3. The first kappa shape index (κ1) is 18.4. The number of carbonyl (C=O) groups excluding carboxylic acids is 1. The first-order chi connectivity index (χ1) is 13.1. The molecule has 0 aliphatic rings. The fraction of sp³-hybridized carbons (Fsp3) is 0.190. The molecule has 0 amide bonds. The van der Waals surface area contributed by atoms with E-state index in [0.29, 0.717) is 35.7 Å². The molecular formula is C21H21N3O3. The highest BCUT2D eigenvalue weighted by atomic mass is 16.5. The highest BCUT2D eigenvalue weighted by Gasteiger charge is 2.10. The summed E-state index contributed by atoms with van der Waals surface area (Å²) in [6.07, 6.45) is 2.21. The summed E-state index contributed by atoms with van der Waals surface area (Å²) >= 11 is 0. The minimum atomic E-state index is -0.371. The molecule has 0 aliphatic heterocycles. The molecule has 2 aromatic carbocycles. The minimum absolute atomic E-state index is 0.202. The second-order valence-corrected chi connectivity index (χ2v) is 5.88. The topological polar surface area (TPSA) is 73.2 Å². The number of nitrogens with zero attached hydrogens (tertiary/aromatic N) is 2. The summed E-state index contributed by atoms with van der Waals surface area (Å²) in [5, 5.41) is 0. The minimum Gasteiger partial charge on any atom is -0.462 e. The van der Waals surface area contributed by atoms with Gasteiger partial charge in [-0.2, -0.15) is 0 Å². The molecule has 6 nitrogen and oxygen atoms in total. The van der Waals surface area contributed by atoms with E-state index in [9.17, 15) is 9.59 Å². The van der Waals surface area contributed by atoms with Gasteiger partial charge in [0, 0.05) is 5.56 Å². The first-order valence-corrected chi connectivity index (χ1v) is 8.84. The zero-order chi connectivity index (χ0) is 19.2. The predicted octanol–water partition coefficient (Wildman–Crippen LogP) is 3.52. The maximum absolute atomic E-state index is 12.6. The second kappa shape index (κ2) is 8.31. The molecule has 1 N–H and O–H groups in total. The third-order valence-corrected chi connectivity index (χ3v) is 4.02. The lowest BCUT2D eigenvalue weighted by Crippen LogP contribution is -2.30. The summed E-state index contributed by atoms with van der Waals surface area (Å²) in [6.45, 7) is 3.99. The summed E-state index contributed by atoms with van der Waals surface area (Å²) in [6, 6.07) is 16.5. The van der Waals surface area contributed by atoms with Gasteiger partial charge in [0.15, 0.2) is 0 Å². The Bertz CT molecular complexity index is 980. The van der Waals surface area contributed by atoms with Crippen LogP contribution >= 0.6 is 0 Å². The number of hydrogen-bond donors (Lipinski definition) is 1. The van der Waals surface area contributed by atoms with E-state index in [1.165, 1.54) is 4.68 Å². The van der Waals surface area contributed by atoms with Crippen LogP contribution in [0.3, 0.4) is 0 Å². The van der Waals surface area contributed by atoms with Gasteiger partial charge in [0.05, 0.1) is 29.7 Å². The fourth-order valence-corrected chi connectivity index (χ4v) is 2.64. The number of benzene rings is 2. The van der Waals surface area contributed by atoms with E-state index in [4.69, 9.17) is 4.74 Å². The van der Waals surface area contributed by atoms with Gasteiger partial charge < -0.3 is 4.74 Å². The van der Waals surface area contributed by atoms with E-state index in [1.54, 1.807) is 37.4 Å². The van der Waals surface area contributed by atoms with Gasteiger partial charge in [0.1, 0.15) is 5.69 Å². The Morgan fingerprint density at radius 3 is 2.41 bits per heavy atom. The normalized spacial score (nSPS) is 10.4. The van der Waals surface area contributed by atoms with Gasteiger partial charge in [-0.05, 0) is 37.6 Å². The molecule has 3 aromatic rings. The average Bonchev–Trinajstić information content (AvgIpc) is 2.71. The number of hydrogen-bond acceptors (Lipinski definition) is 5. The number of nitrogens with one attached hydrogen (secondary N) is 1. The molecule has 0 fully saturated rings. The molecule has 0 unspecified atom stereocenters. The summed E-state index contributed by atoms with van der Waals surface area (Å²) in [5.74, 6) is -0.371. The van der Waals surface area contributed by atoms with Crippen molar-refractivity contribution in [2.45, 2.75) is 20.3 Å². The highest BCUT2D eigenvalue weighted by molar-refractivity contribution is 5.89. The van der Waals surface area contributed by atoms with E-state index in [1.807, 2.05) is 37.3 Å².